The molecule has 0 radical (unpaired) electrons. The van der Waals surface area contributed by atoms with Gasteiger partial charge < -0.3 is 10.6 Å². The third kappa shape index (κ3) is 3.54. The van der Waals surface area contributed by atoms with Gasteiger partial charge in [0, 0.05) is 24.7 Å². The molecule has 0 bridgehead atoms. The van der Waals surface area contributed by atoms with Crippen LogP contribution in [0.4, 0.5) is 0 Å². The molecule has 1 aromatic carbocycles. The minimum absolute atomic E-state index is 0. The number of carbonyl (C=O) groups is 1. The van der Waals surface area contributed by atoms with Crippen molar-refractivity contribution in [3.05, 3.63) is 28.8 Å². The minimum atomic E-state index is 0. The van der Waals surface area contributed by atoms with Crippen LogP contribution in [0.2, 0.25) is 0 Å². The van der Waals surface area contributed by atoms with Crippen molar-refractivity contribution in [2.45, 2.75) is 32.2 Å². The molecule has 1 aromatic heterocycles. The maximum Gasteiger partial charge on any atom is 0.253 e. The maximum atomic E-state index is 12.6. The Kier molecular flexibility index (Phi) is 5.19. The van der Waals surface area contributed by atoms with E-state index in [-0.39, 0.29) is 24.4 Å². The second-order valence-electron chi connectivity index (χ2n) is 5.42. The molecule has 3 rings (SSSR count). The predicted octanol–water partition coefficient (Wildman–Crippen LogP) is 2.98. The quantitative estimate of drug-likeness (QED) is 0.877. The first kappa shape index (κ1) is 16.2. The summed E-state index contributed by atoms with van der Waals surface area (Å²) in [5.41, 5.74) is 7.75. The molecule has 0 saturated carbocycles. The number of nitrogens with two attached hydrogens (primary N) is 1. The number of amides is 1. The number of likely N-dealkylation sites (tertiary alicyclic amines) is 1. The Bertz CT molecular complexity index is 643. The largest absolute Gasteiger partial charge is 0.337 e. The third-order valence-electron chi connectivity index (χ3n) is 3.74. The Morgan fingerprint density at radius 3 is 3.05 bits per heavy atom. The summed E-state index contributed by atoms with van der Waals surface area (Å²) in [4.78, 5) is 18.9. The summed E-state index contributed by atoms with van der Waals surface area (Å²) < 4.78 is 1.08. The van der Waals surface area contributed by atoms with E-state index in [1.807, 2.05) is 30.0 Å². The van der Waals surface area contributed by atoms with Gasteiger partial charge in [-0.2, -0.15) is 0 Å². The van der Waals surface area contributed by atoms with Gasteiger partial charge in [0.25, 0.3) is 5.91 Å². The van der Waals surface area contributed by atoms with Crippen LogP contribution in [0, 0.1) is 6.92 Å². The van der Waals surface area contributed by atoms with Gasteiger partial charge in [0.15, 0.2) is 0 Å². The topological polar surface area (TPSA) is 59.2 Å². The minimum Gasteiger partial charge on any atom is -0.337 e. The fraction of sp³-hybridized carbons (Fsp3) is 0.467. The first-order chi connectivity index (χ1) is 9.63. The van der Waals surface area contributed by atoms with Crippen LogP contribution in [0.1, 0.15) is 34.6 Å². The summed E-state index contributed by atoms with van der Waals surface area (Å²) >= 11 is 1.63. The van der Waals surface area contributed by atoms with Crippen LogP contribution in [0.25, 0.3) is 10.2 Å². The van der Waals surface area contributed by atoms with Crippen LogP contribution in [0.5, 0.6) is 0 Å². The van der Waals surface area contributed by atoms with E-state index in [0.29, 0.717) is 6.54 Å². The van der Waals surface area contributed by atoms with E-state index in [9.17, 15) is 4.79 Å². The molecule has 1 fully saturated rings. The number of thiazole rings is 1. The SMILES string of the molecule is Cc1nc2ccc(C(=O)N3CCCCC(N)C3)cc2s1.Cl. The Morgan fingerprint density at radius 2 is 2.24 bits per heavy atom. The monoisotopic (exact) mass is 325 g/mol. The predicted molar refractivity (Wildman–Crippen MR) is 89.3 cm³/mol. The molecular formula is C15H20ClN3OS. The van der Waals surface area contributed by atoms with Gasteiger partial charge in [-0.15, -0.1) is 23.7 Å². The molecule has 0 aliphatic carbocycles. The van der Waals surface area contributed by atoms with Gasteiger partial charge in [0.1, 0.15) is 0 Å². The van der Waals surface area contributed by atoms with Gasteiger partial charge in [-0.3, -0.25) is 4.79 Å². The summed E-state index contributed by atoms with van der Waals surface area (Å²) in [5, 5.41) is 1.03. The van der Waals surface area contributed by atoms with Gasteiger partial charge in [0.2, 0.25) is 0 Å². The summed E-state index contributed by atoms with van der Waals surface area (Å²) in [6.07, 6.45) is 3.16. The number of benzene rings is 1. The fourth-order valence-corrected chi connectivity index (χ4v) is 3.58. The average molecular weight is 326 g/mol. The molecule has 2 N–H and O–H groups in total. The maximum absolute atomic E-state index is 12.6. The zero-order valence-electron chi connectivity index (χ0n) is 12.0. The number of aromatic nitrogens is 1. The summed E-state index contributed by atoms with van der Waals surface area (Å²) in [6, 6.07) is 5.87. The highest BCUT2D eigenvalue weighted by Gasteiger charge is 2.21. The first-order valence-electron chi connectivity index (χ1n) is 7.05. The van der Waals surface area contributed by atoms with Crippen LogP contribution < -0.4 is 5.73 Å². The van der Waals surface area contributed by atoms with Gasteiger partial charge in [-0.25, -0.2) is 4.98 Å². The number of fused-ring (bicyclic) bond motifs is 1. The normalized spacial score (nSPS) is 19.1. The van der Waals surface area contributed by atoms with E-state index in [2.05, 4.69) is 4.98 Å². The first-order valence-corrected chi connectivity index (χ1v) is 7.87. The fourth-order valence-electron chi connectivity index (χ4n) is 2.71. The van der Waals surface area contributed by atoms with Gasteiger partial charge in [-0.05, 0) is 38.0 Å². The second kappa shape index (κ2) is 6.73. The van der Waals surface area contributed by atoms with Crippen molar-refractivity contribution in [2.24, 2.45) is 5.73 Å². The molecule has 1 atom stereocenters. The van der Waals surface area contributed by atoms with Gasteiger partial charge in [0.05, 0.1) is 15.2 Å². The van der Waals surface area contributed by atoms with Gasteiger partial charge in [-0.1, -0.05) is 6.42 Å². The number of nitrogens with zero attached hydrogens (tertiary/aromatic N) is 2. The third-order valence-corrected chi connectivity index (χ3v) is 4.67. The lowest BCUT2D eigenvalue weighted by Crippen LogP contribution is -2.39. The lowest BCUT2D eigenvalue weighted by atomic mass is 10.1. The number of hydrogen-bond donors (Lipinski definition) is 1. The molecule has 2 aromatic rings. The van der Waals surface area contributed by atoms with Crippen molar-refractivity contribution < 1.29 is 4.79 Å². The molecule has 4 nitrogen and oxygen atoms in total. The molecule has 6 heteroatoms. The van der Waals surface area contributed by atoms with E-state index < -0.39 is 0 Å². The van der Waals surface area contributed by atoms with Crippen LogP contribution in [-0.4, -0.2) is 34.9 Å². The molecule has 1 aliphatic rings. The highest BCUT2D eigenvalue weighted by atomic mass is 35.5. The molecule has 2 heterocycles. The number of carbonyl (C=O) groups excluding carboxylic acids is 1. The highest BCUT2D eigenvalue weighted by Crippen LogP contribution is 2.23. The van der Waals surface area contributed by atoms with E-state index in [1.165, 1.54) is 0 Å². The van der Waals surface area contributed by atoms with Crippen LogP contribution in [0.3, 0.4) is 0 Å². The van der Waals surface area contributed by atoms with Crippen LogP contribution >= 0.6 is 23.7 Å². The van der Waals surface area contributed by atoms with E-state index in [0.717, 1.165) is 46.6 Å². The number of hydrogen-bond acceptors (Lipinski definition) is 4. The molecule has 1 saturated heterocycles. The number of halogens is 1. The van der Waals surface area contributed by atoms with Crippen LogP contribution in [-0.2, 0) is 0 Å². The molecule has 21 heavy (non-hydrogen) atoms. The Balaban J connectivity index is 0.00000161. The zero-order chi connectivity index (χ0) is 14.1. The van der Waals surface area contributed by atoms with Crippen molar-refractivity contribution in [1.29, 1.82) is 0 Å². The summed E-state index contributed by atoms with van der Waals surface area (Å²) in [6.45, 7) is 3.46. The van der Waals surface area contributed by atoms with E-state index >= 15 is 0 Å². The number of aryl methyl sites for hydroxylation is 1. The Morgan fingerprint density at radius 1 is 1.43 bits per heavy atom. The van der Waals surface area contributed by atoms with Crippen LogP contribution in [0.15, 0.2) is 18.2 Å². The molecule has 1 unspecified atom stereocenters. The van der Waals surface area contributed by atoms with E-state index in [1.54, 1.807) is 11.3 Å². The molecular weight excluding hydrogens is 306 g/mol. The second-order valence-corrected chi connectivity index (χ2v) is 6.66. The smallest absolute Gasteiger partial charge is 0.253 e. The highest BCUT2D eigenvalue weighted by molar-refractivity contribution is 7.18. The lowest BCUT2D eigenvalue weighted by molar-refractivity contribution is 0.0755. The summed E-state index contributed by atoms with van der Waals surface area (Å²) in [5.74, 6) is 0.0929. The van der Waals surface area contributed by atoms with Gasteiger partial charge >= 0.3 is 0 Å². The molecule has 1 amide bonds. The summed E-state index contributed by atoms with van der Waals surface area (Å²) in [7, 11) is 0. The Hall–Kier alpha value is -1.17. The van der Waals surface area contributed by atoms with Crippen molar-refractivity contribution in [1.82, 2.24) is 9.88 Å². The van der Waals surface area contributed by atoms with E-state index in [4.69, 9.17) is 5.73 Å². The van der Waals surface area contributed by atoms with Crippen molar-refractivity contribution in [2.75, 3.05) is 13.1 Å². The lowest BCUT2D eigenvalue weighted by Gasteiger charge is -2.22. The van der Waals surface area contributed by atoms with Crippen molar-refractivity contribution in [3.63, 3.8) is 0 Å². The Labute approximate surface area is 134 Å². The van der Waals surface area contributed by atoms with Crippen molar-refractivity contribution in [3.8, 4) is 0 Å². The average Bonchev–Trinajstić information content (AvgIpc) is 2.65. The molecule has 114 valence electrons. The van der Waals surface area contributed by atoms with Crippen molar-refractivity contribution >= 4 is 39.9 Å². The standard InChI is InChI=1S/C15H19N3OS.ClH/c1-10-17-13-6-5-11(8-14(13)20-10)15(19)18-7-3-2-4-12(16)9-18;/h5-6,8,12H,2-4,7,9,16H2,1H3;1H. The number of rotatable bonds is 1. The molecule has 1 aliphatic heterocycles. The molecule has 0 spiro atoms. The zero-order valence-corrected chi connectivity index (χ0v) is 13.7.